The highest BCUT2D eigenvalue weighted by atomic mass is 35.5. The van der Waals surface area contributed by atoms with Crippen LogP contribution < -0.4 is 0 Å². The lowest BCUT2D eigenvalue weighted by Crippen LogP contribution is -2.22. The van der Waals surface area contributed by atoms with Gasteiger partial charge in [0.1, 0.15) is 6.10 Å². The molecule has 60 valence electrons. The molecule has 0 unspecified atom stereocenters. The predicted octanol–water partition coefficient (Wildman–Crippen LogP) is 1.77. The first-order chi connectivity index (χ1) is 4.55. The first-order valence-corrected chi connectivity index (χ1v) is 4.00. The molecule has 1 aliphatic rings. The van der Waals surface area contributed by atoms with Crippen molar-refractivity contribution in [2.45, 2.75) is 38.8 Å². The van der Waals surface area contributed by atoms with Crippen molar-refractivity contribution in [1.29, 1.82) is 0 Å². The molecule has 10 heavy (non-hydrogen) atoms. The van der Waals surface area contributed by atoms with Crippen molar-refractivity contribution >= 4 is 11.6 Å². The molecule has 0 aromatic rings. The van der Waals surface area contributed by atoms with E-state index in [0.717, 1.165) is 0 Å². The number of rotatable bonds is 1. The number of ether oxygens (including phenoxy) is 2. The van der Waals surface area contributed by atoms with Gasteiger partial charge in [-0.3, -0.25) is 0 Å². The average Bonchev–Trinajstić information content (AvgIpc) is 2.05. The Morgan fingerprint density at radius 2 is 2.00 bits per heavy atom. The molecular formula is C7H13ClO2. The molecule has 0 amide bonds. The van der Waals surface area contributed by atoms with Crippen LogP contribution in [0.15, 0.2) is 0 Å². The molecule has 0 aromatic carbocycles. The Kier molecular flexibility index (Phi) is 2.23. The highest BCUT2D eigenvalue weighted by Gasteiger charge is 2.37. The SMILES string of the molecule is C[C@H]1OC(C)(C)O[C@H]1CCl. The largest absolute Gasteiger partial charge is 0.345 e. The Morgan fingerprint density at radius 3 is 2.20 bits per heavy atom. The molecular weight excluding hydrogens is 152 g/mol. The van der Waals surface area contributed by atoms with Crippen molar-refractivity contribution in [2.24, 2.45) is 0 Å². The summed E-state index contributed by atoms with van der Waals surface area (Å²) in [6.07, 6.45) is 0.171. The zero-order chi connectivity index (χ0) is 7.78. The molecule has 0 aliphatic carbocycles. The van der Waals surface area contributed by atoms with E-state index in [1.807, 2.05) is 20.8 Å². The van der Waals surface area contributed by atoms with E-state index in [-0.39, 0.29) is 12.2 Å². The van der Waals surface area contributed by atoms with Gasteiger partial charge in [0.15, 0.2) is 5.79 Å². The lowest BCUT2D eigenvalue weighted by molar-refractivity contribution is -0.143. The third kappa shape index (κ3) is 1.62. The van der Waals surface area contributed by atoms with Gasteiger partial charge < -0.3 is 9.47 Å². The van der Waals surface area contributed by atoms with Gasteiger partial charge in [-0.15, -0.1) is 11.6 Å². The number of hydrogen-bond acceptors (Lipinski definition) is 2. The maximum absolute atomic E-state index is 5.62. The van der Waals surface area contributed by atoms with Gasteiger partial charge in [-0.05, 0) is 20.8 Å². The Bertz CT molecular complexity index is 125. The van der Waals surface area contributed by atoms with Crippen LogP contribution in [-0.4, -0.2) is 23.9 Å². The fourth-order valence-electron chi connectivity index (χ4n) is 1.17. The van der Waals surface area contributed by atoms with Crippen LogP contribution in [0.3, 0.4) is 0 Å². The summed E-state index contributed by atoms with van der Waals surface area (Å²) < 4.78 is 10.9. The van der Waals surface area contributed by atoms with Crippen LogP contribution in [0.5, 0.6) is 0 Å². The first kappa shape index (κ1) is 8.31. The Morgan fingerprint density at radius 1 is 1.40 bits per heavy atom. The van der Waals surface area contributed by atoms with E-state index in [0.29, 0.717) is 5.88 Å². The van der Waals surface area contributed by atoms with Gasteiger partial charge in [0.2, 0.25) is 0 Å². The summed E-state index contributed by atoms with van der Waals surface area (Å²) in [6.45, 7) is 5.77. The first-order valence-electron chi connectivity index (χ1n) is 3.47. The summed E-state index contributed by atoms with van der Waals surface area (Å²) in [4.78, 5) is 0. The Labute approximate surface area is 66.5 Å². The van der Waals surface area contributed by atoms with E-state index < -0.39 is 5.79 Å². The summed E-state index contributed by atoms with van der Waals surface area (Å²) in [5.41, 5.74) is 0. The molecule has 0 N–H and O–H groups in total. The molecule has 1 aliphatic heterocycles. The average molecular weight is 165 g/mol. The van der Waals surface area contributed by atoms with Crippen LogP contribution in [-0.2, 0) is 9.47 Å². The normalized spacial score (nSPS) is 38.4. The Balaban J connectivity index is 2.52. The fraction of sp³-hybridized carbons (Fsp3) is 1.00. The molecule has 2 atom stereocenters. The van der Waals surface area contributed by atoms with E-state index in [2.05, 4.69) is 0 Å². The molecule has 0 spiro atoms. The minimum Gasteiger partial charge on any atom is -0.345 e. The van der Waals surface area contributed by atoms with Gasteiger partial charge in [0.25, 0.3) is 0 Å². The summed E-state index contributed by atoms with van der Waals surface area (Å²) in [7, 11) is 0. The number of halogens is 1. The van der Waals surface area contributed by atoms with E-state index in [9.17, 15) is 0 Å². The van der Waals surface area contributed by atoms with Crippen molar-refractivity contribution in [3.8, 4) is 0 Å². The van der Waals surface area contributed by atoms with E-state index >= 15 is 0 Å². The molecule has 2 nitrogen and oxygen atoms in total. The van der Waals surface area contributed by atoms with Crippen LogP contribution in [0, 0.1) is 0 Å². The summed E-state index contributed by atoms with van der Waals surface area (Å²) in [5, 5.41) is 0. The van der Waals surface area contributed by atoms with Crippen LogP contribution in [0.4, 0.5) is 0 Å². The molecule has 0 saturated carbocycles. The van der Waals surface area contributed by atoms with Gasteiger partial charge in [0, 0.05) is 0 Å². The lowest BCUT2D eigenvalue weighted by Gasteiger charge is -2.15. The second-order valence-electron chi connectivity index (χ2n) is 3.03. The monoisotopic (exact) mass is 164 g/mol. The van der Waals surface area contributed by atoms with E-state index in [1.54, 1.807) is 0 Å². The van der Waals surface area contributed by atoms with Crippen LogP contribution in [0.1, 0.15) is 20.8 Å². The second kappa shape index (κ2) is 2.68. The van der Waals surface area contributed by atoms with Crippen LogP contribution >= 0.6 is 11.6 Å². The van der Waals surface area contributed by atoms with Crippen LogP contribution in [0.25, 0.3) is 0 Å². The lowest BCUT2D eigenvalue weighted by atomic mass is 10.3. The number of alkyl halides is 1. The molecule has 1 saturated heterocycles. The third-order valence-electron chi connectivity index (χ3n) is 1.58. The molecule has 1 rings (SSSR count). The smallest absolute Gasteiger partial charge is 0.163 e. The van der Waals surface area contributed by atoms with Crippen molar-refractivity contribution in [3.63, 3.8) is 0 Å². The van der Waals surface area contributed by atoms with E-state index in [1.165, 1.54) is 0 Å². The quantitative estimate of drug-likeness (QED) is 0.550. The van der Waals surface area contributed by atoms with Gasteiger partial charge in [-0.2, -0.15) is 0 Å². The van der Waals surface area contributed by atoms with Crippen molar-refractivity contribution < 1.29 is 9.47 Å². The molecule has 0 aromatic heterocycles. The zero-order valence-corrected chi connectivity index (χ0v) is 7.31. The standard InChI is InChI=1S/C7H13ClO2/c1-5-6(4-8)10-7(2,3)9-5/h5-6H,4H2,1-3H3/t5-,6+/m1/s1. The predicted molar refractivity (Wildman–Crippen MR) is 40.2 cm³/mol. The van der Waals surface area contributed by atoms with Crippen LogP contribution in [0.2, 0.25) is 0 Å². The third-order valence-corrected chi connectivity index (χ3v) is 1.88. The summed E-state index contributed by atoms with van der Waals surface area (Å²) in [5.74, 6) is 0.0591. The van der Waals surface area contributed by atoms with Crippen molar-refractivity contribution in [1.82, 2.24) is 0 Å². The molecule has 1 heterocycles. The van der Waals surface area contributed by atoms with Gasteiger partial charge in [-0.25, -0.2) is 0 Å². The summed E-state index contributed by atoms with van der Waals surface area (Å²) in [6, 6.07) is 0. The van der Waals surface area contributed by atoms with Gasteiger partial charge in [-0.1, -0.05) is 0 Å². The highest BCUT2D eigenvalue weighted by Crippen LogP contribution is 2.28. The summed E-state index contributed by atoms with van der Waals surface area (Å²) >= 11 is 5.62. The maximum atomic E-state index is 5.62. The number of hydrogen-bond donors (Lipinski definition) is 0. The minimum atomic E-state index is -0.445. The fourth-order valence-corrected chi connectivity index (χ4v) is 1.48. The topological polar surface area (TPSA) is 18.5 Å². The molecule has 1 fully saturated rings. The minimum absolute atomic E-state index is 0.0525. The maximum Gasteiger partial charge on any atom is 0.163 e. The van der Waals surface area contributed by atoms with Crippen molar-refractivity contribution in [2.75, 3.05) is 5.88 Å². The second-order valence-corrected chi connectivity index (χ2v) is 3.34. The molecule has 3 heteroatoms. The Hall–Kier alpha value is 0.210. The highest BCUT2D eigenvalue weighted by molar-refractivity contribution is 6.18. The molecule has 0 radical (unpaired) electrons. The molecule has 0 bridgehead atoms. The van der Waals surface area contributed by atoms with Crippen molar-refractivity contribution in [3.05, 3.63) is 0 Å². The van der Waals surface area contributed by atoms with E-state index in [4.69, 9.17) is 21.1 Å². The van der Waals surface area contributed by atoms with Gasteiger partial charge in [0.05, 0.1) is 12.0 Å². The zero-order valence-electron chi connectivity index (χ0n) is 6.56. The van der Waals surface area contributed by atoms with Gasteiger partial charge >= 0.3 is 0 Å².